The van der Waals surface area contributed by atoms with Crippen molar-refractivity contribution < 1.29 is 28.5 Å². The second-order valence-electron chi connectivity index (χ2n) is 6.68. The molecular weight excluding hydrogens is 356 g/mol. The van der Waals surface area contributed by atoms with E-state index in [1.807, 2.05) is 0 Å². The van der Waals surface area contributed by atoms with Gasteiger partial charge in [0.15, 0.2) is 12.4 Å². The Kier molecular flexibility index (Phi) is 5.74. The Morgan fingerprint density at radius 3 is 2.26 bits per heavy atom. The number of amides is 1. The van der Waals surface area contributed by atoms with Gasteiger partial charge in [0.1, 0.15) is 4.92 Å². The molecule has 1 aromatic heterocycles. The van der Waals surface area contributed by atoms with Gasteiger partial charge in [-0.25, -0.2) is 4.79 Å². The third-order valence-electron chi connectivity index (χ3n) is 3.45. The maximum Gasteiger partial charge on any atom is 0.433 e. The molecule has 1 aromatic carbocycles. The first kappa shape index (κ1) is 19.8. The molecule has 1 N–H and O–H groups in total. The lowest BCUT2D eigenvalue weighted by atomic mass is 9.95. The summed E-state index contributed by atoms with van der Waals surface area (Å²) in [5, 5.41) is 13.2. The summed E-state index contributed by atoms with van der Waals surface area (Å²) in [5.41, 5.74) is 0.261. The number of carbonyl (C=O) groups excluding carboxylic acids is 3. The molecule has 0 saturated carbocycles. The quantitative estimate of drug-likeness (QED) is 0.356. The molecule has 9 heteroatoms. The minimum absolute atomic E-state index is 0.164. The minimum Gasteiger partial charge on any atom is -0.451 e. The van der Waals surface area contributed by atoms with Crippen LogP contribution in [-0.4, -0.2) is 29.2 Å². The fourth-order valence-electron chi connectivity index (χ4n) is 1.88. The van der Waals surface area contributed by atoms with E-state index in [-0.39, 0.29) is 17.2 Å². The van der Waals surface area contributed by atoms with Crippen LogP contribution in [0.1, 0.15) is 41.7 Å². The summed E-state index contributed by atoms with van der Waals surface area (Å²) in [5.74, 6) is -2.58. The van der Waals surface area contributed by atoms with Crippen molar-refractivity contribution in [2.24, 2.45) is 5.41 Å². The number of hydrogen-bond acceptors (Lipinski definition) is 7. The predicted molar refractivity (Wildman–Crippen MR) is 94.5 cm³/mol. The molecule has 0 bridgehead atoms. The Balaban J connectivity index is 1.92. The van der Waals surface area contributed by atoms with Gasteiger partial charge in [0, 0.05) is 16.7 Å². The monoisotopic (exact) mass is 374 g/mol. The second kappa shape index (κ2) is 7.81. The number of ether oxygens (including phenoxy) is 1. The van der Waals surface area contributed by atoms with Crippen molar-refractivity contribution in [1.29, 1.82) is 0 Å². The SMILES string of the molecule is CC(C)(C)C(=O)Nc1ccc(C(=O)COC(=O)c2ccc([N+](=O)[O-])o2)cc1. The first-order valence-corrected chi connectivity index (χ1v) is 7.94. The average molecular weight is 374 g/mol. The summed E-state index contributed by atoms with van der Waals surface area (Å²) in [6.45, 7) is 4.79. The normalized spacial score (nSPS) is 10.9. The number of rotatable bonds is 6. The Hall–Kier alpha value is -3.49. The molecule has 0 aliphatic carbocycles. The topological polar surface area (TPSA) is 129 Å². The molecule has 9 nitrogen and oxygen atoms in total. The largest absolute Gasteiger partial charge is 0.451 e. The molecule has 0 aliphatic rings. The molecule has 0 unspecified atom stereocenters. The summed E-state index contributed by atoms with van der Waals surface area (Å²) in [7, 11) is 0. The first-order chi connectivity index (χ1) is 12.6. The van der Waals surface area contributed by atoms with Crippen LogP contribution in [0.2, 0.25) is 0 Å². The van der Waals surface area contributed by atoms with Gasteiger partial charge < -0.3 is 14.5 Å². The zero-order valence-electron chi connectivity index (χ0n) is 15.0. The van der Waals surface area contributed by atoms with Crippen molar-refractivity contribution in [2.75, 3.05) is 11.9 Å². The lowest BCUT2D eigenvalue weighted by molar-refractivity contribution is -0.402. The van der Waals surface area contributed by atoms with Crippen molar-refractivity contribution in [3.8, 4) is 0 Å². The highest BCUT2D eigenvalue weighted by atomic mass is 16.7. The van der Waals surface area contributed by atoms with Gasteiger partial charge >= 0.3 is 11.9 Å². The minimum atomic E-state index is -0.981. The lowest BCUT2D eigenvalue weighted by Crippen LogP contribution is -2.27. The van der Waals surface area contributed by atoms with Crippen LogP contribution < -0.4 is 5.32 Å². The van der Waals surface area contributed by atoms with Gasteiger partial charge in [-0.1, -0.05) is 20.8 Å². The number of Topliss-reactive ketones (excluding diaryl/α,β-unsaturated/α-hetero) is 1. The Bertz CT molecular complexity index is 876. The Morgan fingerprint density at radius 1 is 1.11 bits per heavy atom. The van der Waals surface area contributed by atoms with Crippen LogP contribution in [0, 0.1) is 15.5 Å². The van der Waals surface area contributed by atoms with Gasteiger partial charge in [0.25, 0.3) is 0 Å². The van der Waals surface area contributed by atoms with E-state index >= 15 is 0 Å². The molecule has 27 heavy (non-hydrogen) atoms. The summed E-state index contributed by atoms with van der Waals surface area (Å²) in [6.07, 6.45) is 0. The highest BCUT2D eigenvalue weighted by Crippen LogP contribution is 2.19. The van der Waals surface area contributed by atoms with Gasteiger partial charge in [-0.15, -0.1) is 0 Å². The molecule has 2 aromatic rings. The maximum absolute atomic E-state index is 12.1. The molecule has 0 atom stereocenters. The number of carbonyl (C=O) groups is 3. The van der Waals surface area contributed by atoms with E-state index in [1.165, 1.54) is 12.1 Å². The van der Waals surface area contributed by atoms with Gasteiger partial charge in [-0.3, -0.25) is 19.7 Å². The lowest BCUT2D eigenvalue weighted by Gasteiger charge is -2.17. The van der Waals surface area contributed by atoms with Crippen LogP contribution in [0.15, 0.2) is 40.8 Å². The molecule has 0 fully saturated rings. The van der Waals surface area contributed by atoms with Crippen LogP contribution >= 0.6 is 0 Å². The van der Waals surface area contributed by atoms with E-state index in [9.17, 15) is 24.5 Å². The molecule has 0 spiro atoms. The van der Waals surface area contributed by atoms with Crippen LogP contribution in [-0.2, 0) is 9.53 Å². The predicted octanol–water partition coefficient (Wildman–Crippen LogP) is 3.21. The molecule has 142 valence electrons. The molecule has 0 saturated heterocycles. The van der Waals surface area contributed by atoms with Crippen LogP contribution in [0.5, 0.6) is 0 Å². The highest BCUT2D eigenvalue weighted by Gasteiger charge is 2.22. The fraction of sp³-hybridized carbons (Fsp3) is 0.278. The molecule has 1 heterocycles. The highest BCUT2D eigenvalue weighted by molar-refractivity contribution is 6.00. The van der Waals surface area contributed by atoms with E-state index in [1.54, 1.807) is 32.9 Å². The number of benzene rings is 1. The Labute approximate surface area is 154 Å². The Morgan fingerprint density at radius 2 is 1.74 bits per heavy atom. The van der Waals surface area contributed by atoms with Gasteiger partial charge in [0.05, 0.1) is 6.07 Å². The van der Waals surface area contributed by atoms with Gasteiger partial charge in [-0.05, 0) is 30.3 Å². The number of nitrogens with one attached hydrogen (secondary N) is 1. The first-order valence-electron chi connectivity index (χ1n) is 7.94. The number of anilines is 1. The third-order valence-corrected chi connectivity index (χ3v) is 3.45. The third kappa shape index (κ3) is 5.24. The number of hydrogen-bond donors (Lipinski definition) is 1. The molecule has 2 rings (SSSR count). The fourth-order valence-corrected chi connectivity index (χ4v) is 1.88. The number of nitro groups is 1. The van der Waals surface area contributed by atoms with E-state index in [4.69, 9.17) is 9.15 Å². The van der Waals surface area contributed by atoms with Crippen LogP contribution in [0.3, 0.4) is 0 Å². The number of ketones is 1. The van der Waals surface area contributed by atoms with Gasteiger partial charge in [0.2, 0.25) is 11.7 Å². The summed E-state index contributed by atoms with van der Waals surface area (Å²) in [6, 6.07) is 8.22. The van der Waals surface area contributed by atoms with Crippen LogP contribution in [0.25, 0.3) is 0 Å². The standard InChI is InChI=1S/C18H18N2O7/c1-18(2,3)17(23)19-12-6-4-11(5-7-12)13(21)10-26-16(22)14-8-9-15(27-14)20(24)25/h4-9H,10H2,1-3H3,(H,19,23). The summed E-state index contributed by atoms with van der Waals surface area (Å²) >= 11 is 0. The maximum atomic E-state index is 12.1. The van der Waals surface area contributed by atoms with E-state index < -0.39 is 34.6 Å². The molecular formula is C18H18N2O7. The van der Waals surface area contributed by atoms with Crippen molar-refractivity contribution in [2.45, 2.75) is 20.8 Å². The van der Waals surface area contributed by atoms with Crippen LogP contribution in [0.4, 0.5) is 11.6 Å². The summed E-state index contributed by atoms with van der Waals surface area (Å²) < 4.78 is 9.50. The number of nitrogens with zero attached hydrogens (tertiary/aromatic N) is 1. The zero-order chi connectivity index (χ0) is 20.2. The molecule has 0 aliphatic heterocycles. The van der Waals surface area contributed by atoms with Crippen molar-refractivity contribution in [3.63, 3.8) is 0 Å². The molecule has 1 amide bonds. The molecule has 0 radical (unpaired) electrons. The second-order valence-corrected chi connectivity index (χ2v) is 6.68. The van der Waals surface area contributed by atoms with Crippen molar-refractivity contribution in [1.82, 2.24) is 0 Å². The zero-order valence-corrected chi connectivity index (χ0v) is 15.0. The van der Waals surface area contributed by atoms with E-state index in [2.05, 4.69) is 5.32 Å². The smallest absolute Gasteiger partial charge is 0.433 e. The van der Waals surface area contributed by atoms with Gasteiger partial charge in [-0.2, -0.15) is 0 Å². The number of esters is 1. The van der Waals surface area contributed by atoms with Crippen molar-refractivity contribution >= 4 is 29.2 Å². The number of furan rings is 1. The van der Waals surface area contributed by atoms with E-state index in [0.29, 0.717) is 5.69 Å². The summed E-state index contributed by atoms with van der Waals surface area (Å²) in [4.78, 5) is 45.5. The van der Waals surface area contributed by atoms with E-state index in [0.717, 1.165) is 12.1 Å². The average Bonchev–Trinajstić information content (AvgIpc) is 3.09. The van der Waals surface area contributed by atoms with Crippen molar-refractivity contribution in [3.05, 3.63) is 57.8 Å².